The minimum absolute atomic E-state index is 0.127. The van der Waals surface area contributed by atoms with Crippen LogP contribution in [-0.2, 0) is 17.0 Å². The molecular weight excluding hydrogens is 1290 g/mol. The first-order valence-electron chi connectivity index (χ1n) is 33.3. The quantitative estimate of drug-likeness (QED) is 0.0527. The highest BCUT2D eigenvalue weighted by atomic mass is 32.2. The van der Waals surface area contributed by atoms with Crippen LogP contribution in [0.1, 0.15) is 192 Å². The molecule has 9 aromatic carbocycles. The summed E-state index contributed by atoms with van der Waals surface area (Å²) in [6.07, 6.45) is -2.53. The van der Waals surface area contributed by atoms with Crippen molar-refractivity contribution in [2.75, 3.05) is 13.4 Å². The van der Waals surface area contributed by atoms with Gasteiger partial charge < -0.3 is 4.74 Å². The summed E-state index contributed by atoms with van der Waals surface area (Å²) in [7, 11) is -2.08. The molecule has 1 unspecified atom stereocenters. The molecule has 2 nitrogen and oxygen atoms in total. The number of hydrogen-bond donors (Lipinski definition) is 0. The highest BCUT2D eigenvalue weighted by Crippen LogP contribution is 2.36. The number of halogens is 9. The Hall–Kier alpha value is -7.01. The zero-order chi connectivity index (χ0) is 73.5. The van der Waals surface area contributed by atoms with Gasteiger partial charge in [0.25, 0.3) is 0 Å². The van der Waals surface area contributed by atoms with Gasteiger partial charge >= 0.3 is 6.18 Å². The third kappa shape index (κ3) is 24.4. The van der Waals surface area contributed by atoms with Crippen LogP contribution in [0.4, 0.5) is 39.5 Å². The smallest absolute Gasteiger partial charge is 0.416 e. The summed E-state index contributed by atoms with van der Waals surface area (Å²) in [6.45, 7) is 43.1. The molecule has 0 saturated heterocycles. The molecule has 0 aliphatic rings. The van der Waals surface area contributed by atoms with E-state index in [1.165, 1.54) is 58.6 Å². The summed E-state index contributed by atoms with van der Waals surface area (Å²) >= 11 is 0. The van der Waals surface area contributed by atoms with Crippen LogP contribution >= 0.6 is 0 Å². The number of fused-ring (bicyclic) bond motifs is 1. The number of hydrogen-bond acceptors (Lipinski definition) is 2. The zero-order valence-electron chi connectivity index (χ0n) is 61.1. The van der Waals surface area contributed by atoms with E-state index >= 15 is 0 Å². The van der Waals surface area contributed by atoms with Gasteiger partial charge in [-0.1, -0.05) is 311 Å². The van der Waals surface area contributed by atoms with Crippen LogP contribution < -0.4 is 20.3 Å². The van der Waals surface area contributed by atoms with E-state index in [-0.39, 0.29) is 11.7 Å². The van der Waals surface area contributed by atoms with E-state index in [9.17, 15) is 43.7 Å². The Morgan fingerprint density at radius 1 is 0.402 bits per heavy atom. The van der Waals surface area contributed by atoms with E-state index in [1.54, 1.807) is 30.7 Å². The fourth-order valence-electron chi connectivity index (χ4n) is 10.1. The van der Waals surface area contributed by atoms with E-state index in [0.29, 0.717) is 34.3 Å². The molecule has 0 bridgehead atoms. The number of methoxy groups -OCH3 is 1. The lowest BCUT2D eigenvalue weighted by Gasteiger charge is -2.37. The maximum absolute atomic E-state index is 13.4. The molecule has 0 radical (unpaired) electrons. The van der Waals surface area contributed by atoms with Gasteiger partial charge in [-0.2, -0.15) is 13.2 Å². The van der Waals surface area contributed by atoms with Crippen LogP contribution in [0, 0.1) is 34.9 Å². The second kappa shape index (κ2) is 38.4. The van der Waals surface area contributed by atoms with Gasteiger partial charge in [-0.05, 0) is 116 Å². The molecule has 0 aliphatic carbocycles. The Labute approximate surface area is 580 Å². The van der Waals surface area contributed by atoms with E-state index in [0.717, 1.165) is 33.0 Å². The molecule has 0 heterocycles. The molecule has 9 rings (SSSR count). The molecular formula is C83H105F9O2SSi2. The minimum Gasteiger partial charge on any atom is -0.497 e. The van der Waals surface area contributed by atoms with Crippen LogP contribution in [0.3, 0.4) is 0 Å². The predicted octanol–water partition coefficient (Wildman–Crippen LogP) is 24.6. The second-order valence-corrected chi connectivity index (χ2v) is 39.5. The van der Waals surface area contributed by atoms with Gasteiger partial charge in [0, 0.05) is 32.9 Å². The number of benzene rings is 9. The lowest BCUT2D eigenvalue weighted by atomic mass is 9.96. The fourth-order valence-corrected chi connectivity index (χ4v) is 16.0. The van der Waals surface area contributed by atoms with Crippen molar-refractivity contribution in [3.05, 3.63) is 268 Å². The Bertz CT molecular complexity index is 3750. The fraction of sp³-hybridized carbons (Fsp3) is 0.373. The molecule has 97 heavy (non-hydrogen) atoms. The third-order valence-electron chi connectivity index (χ3n) is 18.0. The molecule has 1 atom stereocenters. The van der Waals surface area contributed by atoms with Gasteiger partial charge in [-0.3, -0.25) is 4.21 Å². The first-order chi connectivity index (χ1) is 45.1. The Morgan fingerprint density at radius 3 is 1.15 bits per heavy atom. The molecule has 0 fully saturated rings. The van der Waals surface area contributed by atoms with Crippen molar-refractivity contribution in [1.29, 1.82) is 0 Å². The molecule has 526 valence electrons. The summed E-state index contributed by atoms with van der Waals surface area (Å²) in [5.74, 6) is -7.06. The van der Waals surface area contributed by atoms with Gasteiger partial charge in [0.05, 0.1) is 20.7 Å². The largest absolute Gasteiger partial charge is 0.497 e. The van der Waals surface area contributed by atoms with Crippen LogP contribution in [0.2, 0.25) is 30.2 Å². The first-order valence-corrected chi connectivity index (χ1v) is 40.4. The highest BCUT2D eigenvalue weighted by molar-refractivity contribution is 7.84. The van der Waals surface area contributed by atoms with Gasteiger partial charge in [0.15, 0.2) is 23.3 Å². The summed E-state index contributed by atoms with van der Waals surface area (Å²) in [6, 6.07) is 64.0. The van der Waals surface area contributed by atoms with Crippen LogP contribution in [0.5, 0.6) is 5.75 Å². The second-order valence-electron chi connectivity index (χ2n) is 28.1. The van der Waals surface area contributed by atoms with E-state index < -0.39 is 79.3 Å². The molecule has 0 N–H and O–H groups in total. The molecule has 9 aromatic rings. The van der Waals surface area contributed by atoms with Crippen molar-refractivity contribution in [3.8, 4) is 5.75 Å². The maximum atomic E-state index is 13.4. The average Bonchev–Trinajstić information content (AvgIpc) is 0.806. The first kappa shape index (κ1) is 84.2. The van der Waals surface area contributed by atoms with Crippen LogP contribution in [0.25, 0.3) is 10.8 Å². The normalized spacial score (nSPS) is 11.9. The third-order valence-corrected chi connectivity index (χ3v) is 29.8. The van der Waals surface area contributed by atoms with Gasteiger partial charge in [-0.25, -0.2) is 26.3 Å². The molecule has 0 amide bonds. The van der Waals surface area contributed by atoms with E-state index in [1.807, 2.05) is 80.6 Å². The van der Waals surface area contributed by atoms with Crippen molar-refractivity contribution < 1.29 is 48.5 Å². The summed E-state index contributed by atoms with van der Waals surface area (Å²) in [5, 5.41) is 6.81. The predicted molar refractivity (Wildman–Crippen MR) is 400 cm³/mol. The van der Waals surface area contributed by atoms with Crippen LogP contribution in [-0.4, -0.2) is 33.7 Å². The molecule has 0 aliphatic heterocycles. The zero-order valence-corrected chi connectivity index (χ0v) is 64.0. The van der Waals surface area contributed by atoms with E-state index in [2.05, 4.69) is 207 Å². The van der Waals surface area contributed by atoms with Crippen molar-refractivity contribution in [3.63, 3.8) is 0 Å². The highest BCUT2D eigenvalue weighted by Gasteiger charge is 2.37. The Balaban J connectivity index is 0.000000296. The van der Waals surface area contributed by atoms with Gasteiger partial charge in [0.2, 0.25) is 5.82 Å². The monoisotopic (exact) mass is 1390 g/mol. The van der Waals surface area contributed by atoms with Crippen molar-refractivity contribution in [2.24, 2.45) is 0 Å². The average molecular weight is 1390 g/mol. The van der Waals surface area contributed by atoms with Crippen molar-refractivity contribution in [1.82, 2.24) is 0 Å². The summed E-state index contributed by atoms with van der Waals surface area (Å²) in [5.41, 5.74) is 5.38. The maximum Gasteiger partial charge on any atom is 0.416 e. The number of rotatable bonds is 12. The van der Waals surface area contributed by atoms with Gasteiger partial charge in [0.1, 0.15) is 19.6 Å². The Morgan fingerprint density at radius 2 is 0.794 bits per heavy atom. The SMILES string of the molecule is CC(C)[Si](C)(c1ccccc1)c1ccccc1.CC(C)c1c(F)c(F)c(F)c(F)c1F.CC(C)c1ccc(F)c2ccccc12.CC(C)c1ccc(S(C)=O)cc1.CC(C)c1ccc([Si](C)(C)C(C)(C)C)cc1.CC(C)c1cccc(C(F)(F)F)c1.COc1ccc(C(C)C)cc1. The molecule has 0 aromatic heterocycles. The minimum atomic E-state index is -4.23. The number of alkyl halides is 3. The number of ether oxygens (including phenoxy) is 1. The molecule has 0 spiro atoms. The van der Waals surface area contributed by atoms with Crippen molar-refractivity contribution in [2.45, 2.75) is 195 Å². The lowest BCUT2D eigenvalue weighted by Crippen LogP contribution is -2.57. The van der Waals surface area contributed by atoms with Gasteiger partial charge in [-0.15, -0.1) is 0 Å². The molecule has 0 saturated carbocycles. The lowest BCUT2D eigenvalue weighted by molar-refractivity contribution is -0.137. The summed E-state index contributed by atoms with van der Waals surface area (Å²) in [4.78, 5) is 0.902. The van der Waals surface area contributed by atoms with Crippen molar-refractivity contribution >= 4 is 53.3 Å². The van der Waals surface area contributed by atoms with Crippen LogP contribution in [0.15, 0.2) is 199 Å². The topological polar surface area (TPSA) is 26.3 Å². The summed E-state index contributed by atoms with van der Waals surface area (Å²) < 4.78 is 130. The standard InChI is InChI=1S/C16H20Si.C15H26Si.C13H13F.C10H11F3.C10H14OS.C10H14O.C9H7F5/c1-14(2)17(3,15-10-6-4-7-11-15)16-12-8-5-9-13-16;1-12(2)13-8-10-14(11-9-13)16(6,7)15(3,4)5;1-9(2)10-7-8-13(14)12-6-4-3-5-11(10)12;1-7(2)8-4-3-5-9(6-8)10(11,12)13;1-8(2)9-4-6-10(7-5-9)12(3)11;1-8(2)9-4-6-10(11-3)7-5-9;1-3(2)4-5(10)7(12)9(14)8(13)6(4)11/h4-14H,1-3H3;8-12H,1-7H3;3-9H,1-2H3;3-7H,1-2H3;4-8H,1-3H3;4-8H,1-3H3;3H,1-2H3. The van der Waals surface area contributed by atoms with E-state index in [4.69, 9.17) is 4.74 Å². The molecule has 14 heteroatoms. The Kier molecular flexibility index (Phi) is 33.3.